The molecule has 3 heteroatoms. The van der Waals surface area contributed by atoms with Crippen molar-refractivity contribution in [3.05, 3.63) is 29.8 Å². The molecule has 0 fully saturated rings. The minimum atomic E-state index is -0.750. The first-order valence-electron chi connectivity index (χ1n) is 5.68. The lowest BCUT2D eigenvalue weighted by Crippen LogP contribution is -2.33. The molecule has 3 unspecified atom stereocenters. The van der Waals surface area contributed by atoms with E-state index in [1.807, 2.05) is 13.8 Å². The van der Waals surface area contributed by atoms with Gasteiger partial charge in [-0.05, 0) is 23.6 Å². The number of benzene rings is 1. The van der Waals surface area contributed by atoms with Crippen LogP contribution in [0.5, 0.6) is 5.75 Å². The molecule has 0 radical (unpaired) electrons. The van der Waals surface area contributed by atoms with E-state index in [0.29, 0.717) is 6.42 Å². The van der Waals surface area contributed by atoms with Gasteiger partial charge in [0.2, 0.25) is 0 Å². The van der Waals surface area contributed by atoms with Gasteiger partial charge in [0.1, 0.15) is 5.75 Å². The molecular weight excluding hydrogens is 204 g/mol. The average molecular weight is 224 g/mol. The highest BCUT2D eigenvalue weighted by Gasteiger charge is 2.21. The van der Waals surface area contributed by atoms with E-state index >= 15 is 0 Å². The second-order valence-electron chi connectivity index (χ2n) is 4.31. The van der Waals surface area contributed by atoms with Gasteiger partial charge in [0.15, 0.2) is 0 Å². The van der Waals surface area contributed by atoms with E-state index in [0.717, 1.165) is 12.0 Å². The molecule has 0 aliphatic rings. The number of hydrogen-bond donors (Lipinski definition) is 3. The summed E-state index contributed by atoms with van der Waals surface area (Å²) in [5, 5.41) is 28.7. The highest BCUT2D eigenvalue weighted by Crippen LogP contribution is 2.16. The number of phenolic OH excluding ortho intramolecular Hbond substituents is 1. The van der Waals surface area contributed by atoms with Gasteiger partial charge < -0.3 is 15.3 Å². The van der Waals surface area contributed by atoms with Gasteiger partial charge in [-0.2, -0.15) is 0 Å². The topological polar surface area (TPSA) is 60.7 Å². The van der Waals surface area contributed by atoms with Gasteiger partial charge in [-0.25, -0.2) is 0 Å². The van der Waals surface area contributed by atoms with E-state index in [1.165, 1.54) is 0 Å². The molecule has 0 saturated carbocycles. The summed E-state index contributed by atoms with van der Waals surface area (Å²) in [5.41, 5.74) is 0.910. The molecule has 90 valence electrons. The van der Waals surface area contributed by atoms with E-state index < -0.39 is 12.2 Å². The first-order chi connectivity index (χ1) is 7.54. The summed E-state index contributed by atoms with van der Waals surface area (Å²) in [6.45, 7) is 3.91. The van der Waals surface area contributed by atoms with Gasteiger partial charge in [-0.3, -0.25) is 0 Å². The molecule has 1 rings (SSSR count). The molecule has 3 N–H and O–H groups in total. The van der Waals surface area contributed by atoms with Crippen LogP contribution >= 0.6 is 0 Å². The zero-order valence-corrected chi connectivity index (χ0v) is 9.80. The van der Waals surface area contributed by atoms with Crippen molar-refractivity contribution < 1.29 is 15.3 Å². The highest BCUT2D eigenvalue weighted by atomic mass is 16.3. The van der Waals surface area contributed by atoms with Gasteiger partial charge in [-0.15, -0.1) is 0 Å². The minimum absolute atomic E-state index is 0.0899. The van der Waals surface area contributed by atoms with Gasteiger partial charge in [-0.1, -0.05) is 32.4 Å². The third kappa shape index (κ3) is 3.51. The third-order valence-electron chi connectivity index (χ3n) is 3.00. The predicted molar refractivity (Wildman–Crippen MR) is 63.3 cm³/mol. The van der Waals surface area contributed by atoms with Crippen molar-refractivity contribution in [1.29, 1.82) is 0 Å². The molecule has 0 amide bonds. The molecule has 1 aromatic carbocycles. The van der Waals surface area contributed by atoms with Crippen molar-refractivity contribution in [1.82, 2.24) is 0 Å². The molecule has 3 nitrogen and oxygen atoms in total. The van der Waals surface area contributed by atoms with Crippen LogP contribution in [-0.2, 0) is 6.42 Å². The maximum absolute atomic E-state index is 9.83. The number of hydrogen-bond acceptors (Lipinski definition) is 3. The van der Waals surface area contributed by atoms with Crippen molar-refractivity contribution in [3.63, 3.8) is 0 Å². The van der Waals surface area contributed by atoms with E-state index in [1.54, 1.807) is 24.3 Å². The Morgan fingerprint density at radius 1 is 1.12 bits per heavy atom. The molecule has 0 aliphatic heterocycles. The fourth-order valence-electron chi connectivity index (χ4n) is 1.61. The molecule has 1 aromatic rings. The summed E-state index contributed by atoms with van der Waals surface area (Å²) in [7, 11) is 0. The summed E-state index contributed by atoms with van der Waals surface area (Å²) >= 11 is 0. The Hall–Kier alpha value is -1.06. The molecular formula is C13H20O3. The lowest BCUT2D eigenvalue weighted by Gasteiger charge is -2.22. The summed E-state index contributed by atoms with van der Waals surface area (Å²) < 4.78 is 0. The molecule has 3 atom stereocenters. The molecule has 16 heavy (non-hydrogen) atoms. The van der Waals surface area contributed by atoms with Gasteiger partial charge in [0, 0.05) is 6.42 Å². The largest absolute Gasteiger partial charge is 0.508 e. The predicted octanol–water partition coefficient (Wildman–Crippen LogP) is 1.70. The number of aromatic hydroxyl groups is 1. The van der Waals surface area contributed by atoms with Gasteiger partial charge in [0.05, 0.1) is 12.2 Å². The van der Waals surface area contributed by atoms with Crippen molar-refractivity contribution in [3.8, 4) is 5.75 Å². The maximum Gasteiger partial charge on any atom is 0.115 e. The van der Waals surface area contributed by atoms with Crippen LogP contribution < -0.4 is 0 Å². The normalized spacial score (nSPS) is 16.8. The number of aliphatic hydroxyl groups is 2. The van der Waals surface area contributed by atoms with Crippen LogP contribution in [0.1, 0.15) is 25.8 Å². The SMILES string of the molecule is CCC(C)C(O)C(O)Cc1ccc(O)cc1. The second-order valence-corrected chi connectivity index (χ2v) is 4.31. The van der Waals surface area contributed by atoms with Crippen LogP contribution in [0, 0.1) is 5.92 Å². The van der Waals surface area contributed by atoms with Crippen molar-refractivity contribution in [2.75, 3.05) is 0 Å². The zero-order valence-electron chi connectivity index (χ0n) is 9.80. The molecule has 0 bridgehead atoms. The Labute approximate surface area is 96.4 Å². The Morgan fingerprint density at radius 2 is 1.69 bits per heavy atom. The van der Waals surface area contributed by atoms with Gasteiger partial charge in [0.25, 0.3) is 0 Å². The van der Waals surface area contributed by atoms with E-state index in [2.05, 4.69) is 0 Å². The maximum atomic E-state index is 9.83. The molecule has 0 heterocycles. The molecule has 0 aliphatic carbocycles. The van der Waals surface area contributed by atoms with E-state index in [9.17, 15) is 10.2 Å². The summed E-state index contributed by atoms with van der Waals surface area (Å²) in [5.74, 6) is 0.299. The third-order valence-corrected chi connectivity index (χ3v) is 3.00. The number of phenols is 1. The van der Waals surface area contributed by atoms with Gasteiger partial charge >= 0.3 is 0 Å². The van der Waals surface area contributed by atoms with E-state index in [4.69, 9.17) is 5.11 Å². The smallest absolute Gasteiger partial charge is 0.115 e. The summed E-state index contributed by atoms with van der Waals surface area (Å²) in [6.07, 6.45) is -0.196. The Morgan fingerprint density at radius 3 is 2.19 bits per heavy atom. The van der Waals surface area contributed by atoms with Crippen molar-refractivity contribution in [2.24, 2.45) is 5.92 Å². The lowest BCUT2D eigenvalue weighted by molar-refractivity contribution is -0.0128. The summed E-state index contributed by atoms with van der Waals surface area (Å²) in [4.78, 5) is 0. The van der Waals surface area contributed by atoms with Crippen LogP contribution in [0.15, 0.2) is 24.3 Å². The fraction of sp³-hybridized carbons (Fsp3) is 0.538. The Balaban J connectivity index is 2.56. The highest BCUT2D eigenvalue weighted by molar-refractivity contribution is 5.26. The first kappa shape index (κ1) is 13.0. The van der Waals surface area contributed by atoms with Crippen LogP contribution in [-0.4, -0.2) is 27.5 Å². The fourth-order valence-corrected chi connectivity index (χ4v) is 1.61. The van der Waals surface area contributed by atoms with Crippen LogP contribution in [0.3, 0.4) is 0 Å². The quantitative estimate of drug-likeness (QED) is 0.713. The van der Waals surface area contributed by atoms with Crippen molar-refractivity contribution >= 4 is 0 Å². The van der Waals surface area contributed by atoms with E-state index in [-0.39, 0.29) is 11.7 Å². The molecule has 0 spiro atoms. The Bertz CT molecular complexity index is 307. The molecule has 0 saturated heterocycles. The summed E-state index contributed by atoms with van der Waals surface area (Å²) in [6, 6.07) is 6.67. The number of rotatable bonds is 5. The van der Waals surface area contributed by atoms with Crippen LogP contribution in [0.25, 0.3) is 0 Å². The standard InChI is InChI=1S/C13H20O3/c1-3-9(2)13(16)12(15)8-10-4-6-11(14)7-5-10/h4-7,9,12-16H,3,8H2,1-2H3. The van der Waals surface area contributed by atoms with Crippen LogP contribution in [0.4, 0.5) is 0 Å². The zero-order chi connectivity index (χ0) is 12.1. The monoisotopic (exact) mass is 224 g/mol. The molecule has 0 aromatic heterocycles. The van der Waals surface area contributed by atoms with Crippen molar-refractivity contribution in [2.45, 2.75) is 38.9 Å². The second kappa shape index (κ2) is 5.87. The average Bonchev–Trinajstić information content (AvgIpc) is 2.30. The number of aliphatic hydroxyl groups excluding tert-OH is 2. The Kier molecular flexibility index (Phi) is 4.77. The van der Waals surface area contributed by atoms with Crippen LogP contribution in [0.2, 0.25) is 0 Å². The lowest BCUT2D eigenvalue weighted by atomic mass is 9.93. The first-order valence-corrected chi connectivity index (χ1v) is 5.68. The minimum Gasteiger partial charge on any atom is -0.508 e.